The van der Waals surface area contributed by atoms with Crippen LogP contribution in [-0.4, -0.2) is 99.7 Å². The van der Waals surface area contributed by atoms with E-state index in [1.807, 2.05) is 24.3 Å². The Kier molecular flexibility index (Phi) is 39.4. The fraction of sp³-hybridized carbons (Fsp3) is 0.720. The molecule has 2 aromatic rings. The van der Waals surface area contributed by atoms with Gasteiger partial charge >= 0.3 is 11.9 Å². The Morgan fingerprint density at radius 3 is 1.24 bits per heavy atom. The quantitative estimate of drug-likeness (QED) is 0.0526. The Morgan fingerprint density at radius 1 is 0.508 bits per heavy atom. The summed E-state index contributed by atoms with van der Waals surface area (Å²) in [6.07, 6.45) is 29.9. The molecule has 2 rings (SSSR count). The highest BCUT2D eigenvalue weighted by Crippen LogP contribution is 2.15. The van der Waals surface area contributed by atoms with Gasteiger partial charge in [0.25, 0.3) is 0 Å². The maximum Gasteiger partial charge on any atom is 0.305 e. The highest BCUT2D eigenvalue weighted by molar-refractivity contribution is 5.69. The van der Waals surface area contributed by atoms with E-state index < -0.39 is 0 Å². The molecule has 340 valence electrons. The summed E-state index contributed by atoms with van der Waals surface area (Å²) in [7, 11) is 7.06. The third-order valence-corrected chi connectivity index (χ3v) is 10.6. The van der Waals surface area contributed by atoms with Gasteiger partial charge in [0.1, 0.15) is 18.1 Å². The maximum absolute atomic E-state index is 11.2. The number of carbonyl (C=O) groups is 2. The zero-order chi connectivity index (χ0) is 43.6. The Labute approximate surface area is 361 Å². The lowest BCUT2D eigenvalue weighted by molar-refractivity contribution is -0.141. The second kappa shape index (κ2) is 41.6. The molecule has 0 heterocycles. The summed E-state index contributed by atoms with van der Waals surface area (Å²) in [5.41, 5.74) is 2.14. The van der Waals surface area contributed by atoms with Crippen LogP contribution >= 0.6 is 0 Å². The van der Waals surface area contributed by atoms with Gasteiger partial charge in [0, 0.05) is 25.9 Å². The van der Waals surface area contributed by atoms with Crippen molar-refractivity contribution in [2.24, 2.45) is 0 Å². The fourth-order valence-corrected chi connectivity index (χ4v) is 6.56. The minimum atomic E-state index is -0.215. The molecule has 0 fully saturated rings. The minimum Gasteiger partial charge on any atom is -0.508 e. The number of hydrogen-bond acceptors (Lipinski definition) is 9. The van der Waals surface area contributed by atoms with Crippen LogP contribution in [-0.2, 0) is 31.9 Å². The summed E-state index contributed by atoms with van der Waals surface area (Å²) in [6, 6.07) is 14.8. The molecule has 0 amide bonds. The lowest BCUT2D eigenvalue weighted by atomic mass is 10.1. The van der Waals surface area contributed by atoms with Crippen molar-refractivity contribution in [3.63, 3.8) is 0 Å². The van der Waals surface area contributed by atoms with E-state index in [0.29, 0.717) is 32.3 Å². The zero-order valence-corrected chi connectivity index (χ0v) is 38.7. The molecule has 0 spiro atoms. The number of benzene rings is 2. The van der Waals surface area contributed by atoms with Crippen LogP contribution < -0.4 is 4.74 Å². The van der Waals surface area contributed by atoms with Crippen LogP contribution in [0.25, 0.3) is 0 Å². The highest BCUT2D eigenvalue weighted by Gasteiger charge is 2.04. The Bertz CT molecular complexity index is 1210. The van der Waals surface area contributed by atoms with Gasteiger partial charge in [-0.2, -0.15) is 0 Å². The van der Waals surface area contributed by atoms with E-state index in [2.05, 4.69) is 47.2 Å². The van der Waals surface area contributed by atoms with Crippen molar-refractivity contribution in [1.82, 2.24) is 9.80 Å². The Hall–Kier alpha value is -3.14. The average molecular weight is 829 g/mol. The van der Waals surface area contributed by atoms with E-state index in [9.17, 15) is 9.59 Å². The Balaban J connectivity index is 0.000000946. The normalized spacial score (nSPS) is 10.8. The van der Waals surface area contributed by atoms with E-state index in [-0.39, 0.29) is 24.3 Å². The number of rotatable bonds is 34. The van der Waals surface area contributed by atoms with E-state index >= 15 is 0 Å². The van der Waals surface area contributed by atoms with Gasteiger partial charge < -0.3 is 34.2 Å². The molecule has 0 aliphatic rings. The van der Waals surface area contributed by atoms with Crippen molar-refractivity contribution < 1.29 is 34.0 Å². The van der Waals surface area contributed by atoms with Crippen LogP contribution in [0.5, 0.6) is 11.5 Å². The van der Waals surface area contributed by atoms with Gasteiger partial charge in [-0.05, 0) is 88.3 Å². The molecule has 2 N–H and O–H groups in total. The number of aliphatic hydroxyl groups is 1. The zero-order valence-electron chi connectivity index (χ0n) is 38.7. The van der Waals surface area contributed by atoms with Crippen molar-refractivity contribution in [1.29, 1.82) is 0 Å². The van der Waals surface area contributed by atoms with E-state index in [4.69, 9.17) is 14.9 Å². The smallest absolute Gasteiger partial charge is 0.305 e. The number of aryl methyl sites for hydroxylation is 2. The average Bonchev–Trinajstić information content (AvgIpc) is 3.24. The first-order chi connectivity index (χ1) is 28.7. The minimum absolute atomic E-state index is 0.171. The van der Waals surface area contributed by atoms with Gasteiger partial charge in [-0.1, -0.05) is 154 Å². The number of unbranched alkanes of at least 4 members (excludes halogenated alkanes) is 18. The number of carbonyl (C=O) groups excluding carboxylic acids is 2. The fourth-order valence-electron chi connectivity index (χ4n) is 6.56. The van der Waals surface area contributed by atoms with Gasteiger partial charge in [-0.15, -0.1) is 0 Å². The predicted molar refractivity (Wildman–Crippen MR) is 246 cm³/mol. The third kappa shape index (κ3) is 37.6. The van der Waals surface area contributed by atoms with Crippen LogP contribution in [0.15, 0.2) is 48.5 Å². The van der Waals surface area contributed by atoms with Gasteiger partial charge in [-0.3, -0.25) is 9.59 Å². The number of phenols is 1. The summed E-state index contributed by atoms with van der Waals surface area (Å²) in [5.74, 6) is 0.741. The van der Waals surface area contributed by atoms with Crippen LogP contribution in [0.3, 0.4) is 0 Å². The molecule has 9 nitrogen and oxygen atoms in total. The van der Waals surface area contributed by atoms with E-state index in [1.54, 1.807) is 24.3 Å². The van der Waals surface area contributed by atoms with Crippen molar-refractivity contribution in [3.05, 3.63) is 59.7 Å². The van der Waals surface area contributed by atoms with Gasteiger partial charge in [0.05, 0.1) is 20.8 Å². The topological polar surface area (TPSA) is 109 Å². The standard InChI is InChI=1S/C25H43NO3.C15H33NO.C10H12O3/c1-4-5-6-7-8-9-10-11-12-13-20-26(2)21-22-29-24-17-14-23(15-18-24)16-19-25(27)28-3;1-3-4-5-6-7-8-9-10-11-12-13-16(2)14-15-17;1-13-10(12)7-4-8-2-5-9(11)6-3-8/h14-15,17-18H,4-13,16,19-22H2,1-3H3;17H,3-15H2,1-2H3;2-3,5-6,11H,4,7H2,1H3. The molecule has 0 unspecified atom stereocenters. The number of esters is 2. The van der Waals surface area contributed by atoms with Crippen molar-refractivity contribution >= 4 is 11.9 Å². The predicted octanol–water partition coefficient (Wildman–Crippen LogP) is 11.4. The largest absolute Gasteiger partial charge is 0.508 e. The molecule has 9 heteroatoms. The molecule has 0 atom stereocenters. The lowest BCUT2D eigenvalue weighted by Gasteiger charge is -2.17. The lowest BCUT2D eigenvalue weighted by Crippen LogP contribution is -2.25. The Morgan fingerprint density at radius 2 is 0.864 bits per heavy atom. The number of methoxy groups -OCH3 is 2. The number of phenolic OH excluding ortho intramolecular Hbond substituents is 1. The SMILES string of the molecule is CCCCCCCCCCCCN(C)CCO.CCCCCCCCCCCCN(C)CCOc1ccc(CCC(=O)OC)cc1.COC(=O)CCc1ccc(O)cc1. The number of ether oxygens (including phenoxy) is 3. The van der Waals surface area contributed by atoms with Crippen LogP contribution in [0.1, 0.15) is 166 Å². The van der Waals surface area contributed by atoms with Gasteiger partial charge in [-0.25, -0.2) is 0 Å². The second-order valence-electron chi connectivity index (χ2n) is 16.0. The molecular weight excluding hydrogens is 741 g/mol. The molecule has 0 bridgehead atoms. The molecule has 0 aromatic heterocycles. The van der Waals surface area contributed by atoms with Gasteiger partial charge in [0.2, 0.25) is 0 Å². The summed E-state index contributed by atoms with van der Waals surface area (Å²) in [6.45, 7) is 9.58. The third-order valence-electron chi connectivity index (χ3n) is 10.6. The molecule has 0 radical (unpaired) electrons. The summed E-state index contributed by atoms with van der Waals surface area (Å²) in [4.78, 5) is 26.5. The first kappa shape index (κ1) is 55.9. The number of nitrogens with zero attached hydrogens (tertiary/aromatic N) is 2. The molecular formula is C50H88N2O7. The van der Waals surface area contributed by atoms with Crippen LogP contribution in [0, 0.1) is 0 Å². The summed E-state index contributed by atoms with van der Waals surface area (Å²) >= 11 is 0. The molecule has 0 aliphatic carbocycles. The van der Waals surface area contributed by atoms with Crippen molar-refractivity contribution in [2.75, 3.05) is 67.7 Å². The molecule has 2 aromatic carbocycles. The summed E-state index contributed by atoms with van der Waals surface area (Å²) < 4.78 is 15.0. The van der Waals surface area contributed by atoms with E-state index in [0.717, 1.165) is 43.1 Å². The number of hydrogen-bond donors (Lipinski definition) is 2. The molecule has 0 aliphatic heterocycles. The van der Waals surface area contributed by atoms with Crippen molar-refractivity contribution in [2.45, 2.75) is 168 Å². The number of aromatic hydroxyl groups is 1. The number of aliphatic hydroxyl groups excluding tert-OH is 1. The molecule has 0 saturated carbocycles. The molecule has 59 heavy (non-hydrogen) atoms. The maximum atomic E-state index is 11.2. The van der Waals surface area contributed by atoms with Crippen molar-refractivity contribution in [3.8, 4) is 11.5 Å². The first-order valence-electron chi connectivity index (χ1n) is 23.3. The first-order valence-corrected chi connectivity index (χ1v) is 23.3. The van der Waals surface area contributed by atoms with Crippen LogP contribution in [0.2, 0.25) is 0 Å². The summed E-state index contributed by atoms with van der Waals surface area (Å²) in [5, 5.41) is 17.7. The van der Waals surface area contributed by atoms with E-state index in [1.165, 1.54) is 143 Å². The molecule has 0 saturated heterocycles. The monoisotopic (exact) mass is 829 g/mol. The van der Waals surface area contributed by atoms with Gasteiger partial charge in [0.15, 0.2) is 0 Å². The van der Waals surface area contributed by atoms with Crippen LogP contribution in [0.4, 0.5) is 0 Å². The second-order valence-corrected chi connectivity index (χ2v) is 16.0. The number of likely N-dealkylation sites (N-methyl/N-ethyl adjacent to an activating group) is 2. The highest BCUT2D eigenvalue weighted by atomic mass is 16.5.